The van der Waals surface area contributed by atoms with Crippen LogP contribution < -0.4 is 5.32 Å². The fraction of sp³-hybridized carbons (Fsp3) is 0.318. The maximum atomic E-state index is 12.9. The van der Waals surface area contributed by atoms with Gasteiger partial charge in [0.2, 0.25) is 11.8 Å². The minimum absolute atomic E-state index is 0.0914. The third-order valence-electron chi connectivity index (χ3n) is 4.77. The van der Waals surface area contributed by atoms with Crippen molar-refractivity contribution in [3.05, 3.63) is 59.7 Å². The summed E-state index contributed by atoms with van der Waals surface area (Å²) in [4.78, 5) is 31.7. The summed E-state index contributed by atoms with van der Waals surface area (Å²) in [5, 5.41) is 3.03. The highest BCUT2D eigenvalue weighted by Crippen LogP contribution is 2.32. The monoisotopic (exact) mass is 411 g/mol. The number of benzene rings is 2. The first kappa shape index (κ1) is 21.1. The third-order valence-corrected chi connectivity index (χ3v) is 5.94. The Hall–Kier alpha value is -2.64. The van der Waals surface area contributed by atoms with E-state index >= 15 is 0 Å². The standard InChI is InChI=1S/C22H25N3O3S/c1-15-8-7-11-18(16(15)2)24-20(26)14-19-21(27)25(12-13-28-3)22(29-19)23-17-9-5-4-6-10-17/h4-11,19H,12-14H2,1-3H3,(H,24,26)/t19-/m1/s1. The van der Waals surface area contributed by atoms with Gasteiger partial charge in [-0.25, -0.2) is 4.99 Å². The summed E-state index contributed by atoms with van der Waals surface area (Å²) in [6.07, 6.45) is 0.0914. The first-order valence-electron chi connectivity index (χ1n) is 9.46. The van der Waals surface area contributed by atoms with Gasteiger partial charge in [0.25, 0.3) is 0 Å². The number of rotatable bonds is 7. The predicted molar refractivity (Wildman–Crippen MR) is 118 cm³/mol. The molecule has 6 nitrogen and oxygen atoms in total. The molecule has 1 fully saturated rings. The van der Waals surface area contributed by atoms with Crippen LogP contribution in [0.15, 0.2) is 53.5 Å². The number of carbonyl (C=O) groups is 2. The number of amidine groups is 1. The normalized spacial score (nSPS) is 17.8. The molecule has 1 atom stereocenters. The van der Waals surface area contributed by atoms with Crippen LogP contribution in [0.3, 0.4) is 0 Å². The molecule has 0 radical (unpaired) electrons. The number of nitrogens with zero attached hydrogens (tertiary/aromatic N) is 2. The Kier molecular flexibility index (Phi) is 7.06. The molecule has 7 heteroatoms. The van der Waals surface area contributed by atoms with E-state index in [1.807, 2.05) is 62.4 Å². The van der Waals surface area contributed by atoms with Crippen molar-refractivity contribution < 1.29 is 14.3 Å². The molecule has 1 aliphatic heterocycles. The van der Waals surface area contributed by atoms with Gasteiger partial charge in [0.05, 0.1) is 18.8 Å². The number of aliphatic imine (C=N–C) groups is 1. The van der Waals surface area contributed by atoms with Crippen LogP contribution in [0, 0.1) is 13.8 Å². The Bertz CT molecular complexity index is 915. The molecular weight excluding hydrogens is 386 g/mol. The summed E-state index contributed by atoms with van der Waals surface area (Å²) in [6, 6.07) is 15.3. The Balaban J connectivity index is 1.73. The van der Waals surface area contributed by atoms with Crippen molar-refractivity contribution in [3.8, 4) is 0 Å². The third kappa shape index (κ3) is 5.25. The average Bonchev–Trinajstić information content (AvgIpc) is 2.99. The van der Waals surface area contributed by atoms with E-state index in [0.717, 1.165) is 22.5 Å². The number of ether oxygens (including phenoxy) is 1. The van der Waals surface area contributed by atoms with E-state index in [1.54, 1.807) is 12.0 Å². The molecule has 0 aliphatic carbocycles. The molecule has 0 unspecified atom stereocenters. The van der Waals surface area contributed by atoms with Gasteiger partial charge < -0.3 is 10.1 Å². The van der Waals surface area contributed by atoms with Crippen LogP contribution in [0.2, 0.25) is 0 Å². The molecule has 1 heterocycles. The fourth-order valence-electron chi connectivity index (χ4n) is 2.98. The van der Waals surface area contributed by atoms with E-state index in [0.29, 0.717) is 18.3 Å². The van der Waals surface area contributed by atoms with Crippen molar-refractivity contribution in [2.24, 2.45) is 4.99 Å². The molecule has 29 heavy (non-hydrogen) atoms. The number of hydrogen-bond donors (Lipinski definition) is 1. The minimum Gasteiger partial charge on any atom is -0.383 e. The number of methoxy groups -OCH3 is 1. The minimum atomic E-state index is -0.501. The van der Waals surface area contributed by atoms with Gasteiger partial charge in [0.15, 0.2) is 5.17 Å². The lowest BCUT2D eigenvalue weighted by atomic mass is 10.1. The molecule has 0 bridgehead atoms. The molecule has 0 spiro atoms. The van der Waals surface area contributed by atoms with E-state index in [4.69, 9.17) is 4.74 Å². The highest BCUT2D eigenvalue weighted by Gasteiger charge is 2.39. The second-order valence-electron chi connectivity index (χ2n) is 6.82. The summed E-state index contributed by atoms with van der Waals surface area (Å²) in [5.74, 6) is -0.296. The van der Waals surface area contributed by atoms with Crippen LogP contribution >= 0.6 is 11.8 Å². The molecule has 152 valence electrons. The van der Waals surface area contributed by atoms with Crippen LogP contribution in [0.25, 0.3) is 0 Å². The van der Waals surface area contributed by atoms with Gasteiger partial charge in [-0.3, -0.25) is 14.5 Å². The van der Waals surface area contributed by atoms with Gasteiger partial charge in [0.1, 0.15) is 5.25 Å². The Labute approximate surface area is 175 Å². The van der Waals surface area contributed by atoms with Crippen molar-refractivity contribution >= 4 is 40.1 Å². The maximum absolute atomic E-state index is 12.9. The molecule has 3 rings (SSSR count). The first-order valence-corrected chi connectivity index (χ1v) is 10.3. The quantitative estimate of drug-likeness (QED) is 0.750. The largest absolute Gasteiger partial charge is 0.383 e. The summed E-state index contributed by atoms with van der Waals surface area (Å²) in [5.41, 5.74) is 3.68. The summed E-state index contributed by atoms with van der Waals surface area (Å²) < 4.78 is 5.13. The van der Waals surface area contributed by atoms with E-state index in [-0.39, 0.29) is 18.2 Å². The molecule has 2 amide bonds. The second-order valence-corrected chi connectivity index (χ2v) is 7.99. The molecule has 2 aromatic carbocycles. The number of anilines is 1. The topological polar surface area (TPSA) is 71.0 Å². The fourth-order valence-corrected chi connectivity index (χ4v) is 4.17. The molecule has 0 aromatic heterocycles. The molecule has 2 aromatic rings. The lowest BCUT2D eigenvalue weighted by Gasteiger charge is -2.16. The van der Waals surface area contributed by atoms with Crippen molar-refractivity contribution in [1.82, 2.24) is 4.90 Å². The van der Waals surface area contributed by atoms with Gasteiger partial charge in [-0.1, -0.05) is 42.1 Å². The van der Waals surface area contributed by atoms with Crippen LogP contribution in [-0.4, -0.2) is 47.4 Å². The van der Waals surface area contributed by atoms with Crippen molar-refractivity contribution in [2.45, 2.75) is 25.5 Å². The lowest BCUT2D eigenvalue weighted by molar-refractivity contribution is -0.128. The maximum Gasteiger partial charge on any atom is 0.242 e. The van der Waals surface area contributed by atoms with Crippen molar-refractivity contribution in [3.63, 3.8) is 0 Å². The van der Waals surface area contributed by atoms with E-state index < -0.39 is 5.25 Å². The second kappa shape index (κ2) is 9.71. The zero-order valence-electron chi connectivity index (χ0n) is 16.8. The highest BCUT2D eigenvalue weighted by atomic mass is 32.2. The number of nitrogens with one attached hydrogen (secondary N) is 1. The number of carbonyl (C=O) groups excluding carboxylic acids is 2. The number of aryl methyl sites for hydroxylation is 1. The summed E-state index contributed by atoms with van der Waals surface area (Å²) in [7, 11) is 1.59. The molecule has 1 aliphatic rings. The summed E-state index contributed by atoms with van der Waals surface area (Å²) >= 11 is 1.33. The Morgan fingerprint density at radius 3 is 2.66 bits per heavy atom. The number of thioether (sulfide) groups is 1. The molecule has 0 saturated carbocycles. The van der Waals surface area contributed by atoms with E-state index in [9.17, 15) is 9.59 Å². The van der Waals surface area contributed by atoms with Gasteiger partial charge in [-0.05, 0) is 43.2 Å². The zero-order chi connectivity index (χ0) is 20.8. The number of hydrogen-bond acceptors (Lipinski definition) is 5. The SMILES string of the molecule is COCCN1C(=O)[C@@H](CC(=O)Nc2cccc(C)c2C)SC1=Nc1ccccc1. The number of para-hydroxylation sites is 1. The van der Waals surface area contributed by atoms with Gasteiger partial charge in [-0.15, -0.1) is 0 Å². The van der Waals surface area contributed by atoms with E-state index in [1.165, 1.54) is 11.8 Å². The first-order chi connectivity index (χ1) is 14.0. The summed E-state index contributed by atoms with van der Waals surface area (Å²) in [6.45, 7) is 4.78. The van der Waals surface area contributed by atoms with Crippen LogP contribution in [-0.2, 0) is 14.3 Å². The predicted octanol–water partition coefficient (Wildman–Crippen LogP) is 3.91. The smallest absolute Gasteiger partial charge is 0.242 e. The Morgan fingerprint density at radius 2 is 1.93 bits per heavy atom. The van der Waals surface area contributed by atoms with Crippen molar-refractivity contribution in [1.29, 1.82) is 0 Å². The van der Waals surface area contributed by atoms with Gasteiger partial charge >= 0.3 is 0 Å². The van der Waals surface area contributed by atoms with Gasteiger partial charge in [-0.2, -0.15) is 0 Å². The zero-order valence-corrected chi connectivity index (χ0v) is 17.7. The average molecular weight is 412 g/mol. The Morgan fingerprint density at radius 1 is 1.17 bits per heavy atom. The van der Waals surface area contributed by atoms with E-state index in [2.05, 4.69) is 10.3 Å². The van der Waals surface area contributed by atoms with Crippen LogP contribution in [0.5, 0.6) is 0 Å². The van der Waals surface area contributed by atoms with Gasteiger partial charge in [0, 0.05) is 19.2 Å². The van der Waals surface area contributed by atoms with Crippen molar-refractivity contribution in [2.75, 3.05) is 25.6 Å². The van der Waals surface area contributed by atoms with Crippen LogP contribution in [0.1, 0.15) is 17.5 Å². The molecule has 1 N–H and O–H groups in total. The number of amides is 2. The highest BCUT2D eigenvalue weighted by molar-refractivity contribution is 8.15. The molecule has 1 saturated heterocycles. The van der Waals surface area contributed by atoms with Crippen LogP contribution in [0.4, 0.5) is 11.4 Å². The lowest BCUT2D eigenvalue weighted by Crippen LogP contribution is -2.35. The molecular formula is C22H25N3O3S.